The molecule has 0 amide bonds. The number of halogens is 2. The number of nitrogens with zero attached hydrogens (tertiary/aromatic N) is 3. The van der Waals surface area contributed by atoms with Crippen LogP contribution in [0.5, 0.6) is 0 Å². The molecular formula is C15H15Cl2N3. The highest BCUT2D eigenvalue weighted by Gasteiger charge is 2.24. The minimum atomic E-state index is 0.402. The Morgan fingerprint density at radius 2 is 1.75 bits per heavy atom. The van der Waals surface area contributed by atoms with Crippen LogP contribution in [-0.4, -0.2) is 15.0 Å². The summed E-state index contributed by atoms with van der Waals surface area (Å²) < 4.78 is 0. The minimum Gasteiger partial charge on any atom is -0.264 e. The van der Waals surface area contributed by atoms with Gasteiger partial charge in [-0.25, -0.2) is 9.97 Å². The van der Waals surface area contributed by atoms with Gasteiger partial charge in [0.15, 0.2) is 5.82 Å². The van der Waals surface area contributed by atoms with E-state index < -0.39 is 0 Å². The molecule has 1 saturated carbocycles. The second-order valence-electron chi connectivity index (χ2n) is 5.21. The van der Waals surface area contributed by atoms with Gasteiger partial charge in [0.1, 0.15) is 10.3 Å². The fraction of sp³-hybridized carbons (Fsp3) is 0.400. The molecule has 3 rings (SSSR count). The predicted octanol–water partition coefficient (Wildman–Crippen LogP) is 4.81. The van der Waals surface area contributed by atoms with Crippen LogP contribution in [0, 0.1) is 6.92 Å². The Balaban J connectivity index is 2.06. The van der Waals surface area contributed by atoms with E-state index in [0.717, 1.165) is 29.5 Å². The van der Waals surface area contributed by atoms with Crippen LogP contribution in [0.4, 0.5) is 0 Å². The first-order valence-electron chi connectivity index (χ1n) is 6.80. The van der Waals surface area contributed by atoms with Crippen molar-refractivity contribution in [2.45, 2.75) is 38.5 Å². The third-order valence-corrected chi connectivity index (χ3v) is 4.47. The minimum absolute atomic E-state index is 0.402. The summed E-state index contributed by atoms with van der Waals surface area (Å²) in [5.74, 6) is 0.950. The van der Waals surface area contributed by atoms with E-state index >= 15 is 0 Å². The Kier molecular flexibility index (Phi) is 3.90. The van der Waals surface area contributed by atoms with Crippen molar-refractivity contribution < 1.29 is 0 Å². The maximum Gasteiger partial charge on any atom is 0.164 e. The Morgan fingerprint density at radius 1 is 1.10 bits per heavy atom. The summed E-state index contributed by atoms with van der Waals surface area (Å²) in [5, 5.41) is 0.963. The topological polar surface area (TPSA) is 38.7 Å². The number of pyridine rings is 1. The molecule has 0 saturated heterocycles. The van der Waals surface area contributed by atoms with Gasteiger partial charge in [-0.2, -0.15) is 0 Å². The van der Waals surface area contributed by atoms with E-state index in [1.807, 2.05) is 13.0 Å². The molecule has 2 heterocycles. The monoisotopic (exact) mass is 307 g/mol. The summed E-state index contributed by atoms with van der Waals surface area (Å²) in [6.07, 6.45) is 8.17. The first-order chi connectivity index (χ1) is 9.66. The molecule has 5 heteroatoms. The van der Waals surface area contributed by atoms with Gasteiger partial charge in [0.05, 0.1) is 0 Å². The average Bonchev–Trinajstić information content (AvgIpc) is 2.92. The molecule has 0 atom stereocenters. The summed E-state index contributed by atoms with van der Waals surface area (Å²) >= 11 is 12.7. The standard InChI is InChI=1S/C15H15Cl2N3/c1-9-6-7-18-8-11(9)15-19-13(16)12(14(17)20-15)10-4-2-3-5-10/h6-8,10H,2-5H2,1H3. The van der Waals surface area contributed by atoms with Crippen molar-refractivity contribution in [1.29, 1.82) is 0 Å². The van der Waals surface area contributed by atoms with Crippen molar-refractivity contribution in [3.05, 3.63) is 39.9 Å². The number of hydrogen-bond donors (Lipinski definition) is 0. The fourth-order valence-electron chi connectivity index (χ4n) is 2.79. The average molecular weight is 308 g/mol. The SMILES string of the molecule is Cc1ccncc1-c1nc(Cl)c(C2CCCC2)c(Cl)n1. The molecule has 2 aromatic rings. The number of hydrogen-bond acceptors (Lipinski definition) is 3. The van der Waals surface area contributed by atoms with Crippen molar-refractivity contribution in [3.8, 4) is 11.4 Å². The highest BCUT2D eigenvalue weighted by atomic mass is 35.5. The van der Waals surface area contributed by atoms with Gasteiger partial charge in [0.25, 0.3) is 0 Å². The van der Waals surface area contributed by atoms with Crippen molar-refractivity contribution in [2.75, 3.05) is 0 Å². The first-order valence-corrected chi connectivity index (χ1v) is 7.56. The number of aromatic nitrogens is 3. The molecule has 1 fully saturated rings. The molecule has 1 aliphatic rings. The van der Waals surface area contributed by atoms with E-state index in [9.17, 15) is 0 Å². The second kappa shape index (κ2) is 5.66. The quantitative estimate of drug-likeness (QED) is 0.747. The van der Waals surface area contributed by atoms with E-state index in [-0.39, 0.29) is 0 Å². The van der Waals surface area contributed by atoms with E-state index in [2.05, 4.69) is 15.0 Å². The molecule has 0 spiro atoms. The lowest BCUT2D eigenvalue weighted by Crippen LogP contribution is -2.02. The molecule has 0 bridgehead atoms. The van der Waals surface area contributed by atoms with E-state index in [1.54, 1.807) is 12.4 Å². The van der Waals surface area contributed by atoms with Gasteiger partial charge in [0, 0.05) is 23.5 Å². The van der Waals surface area contributed by atoms with Crippen molar-refractivity contribution in [1.82, 2.24) is 15.0 Å². The highest BCUT2D eigenvalue weighted by molar-refractivity contribution is 6.34. The van der Waals surface area contributed by atoms with E-state index in [4.69, 9.17) is 23.2 Å². The molecule has 0 N–H and O–H groups in total. The normalized spacial score (nSPS) is 15.8. The van der Waals surface area contributed by atoms with Crippen LogP contribution in [0.25, 0.3) is 11.4 Å². The Morgan fingerprint density at radius 3 is 2.35 bits per heavy atom. The lowest BCUT2D eigenvalue weighted by molar-refractivity contribution is 0.715. The zero-order valence-electron chi connectivity index (χ0n) is 11.2. The molecule has 2 aromatic heterocycles. The van der Waals surface area contributed by atoms with Crippen LogP contribution in [0.2, 0.25) is 10.3 Å². The zero-order valence-corrected chi connectivity index (χ0v) is 12.7. The summed E-state index contributed by atoms with van der Waals surface area (Å²) in [6.45, 7) is 1.99. The van der Waals surface area contributed by atoms with Crippen molar-refractivity contribution >= 4 is 23.2 Å². The molecule has 20 heavy (non-hydrogen) atoms. The van der Waals surface area contributed by atoms with Crippen LogP contribution in [0.15, 0.2) is 18.5 Å². The third kappa shape index (κ3) is 2.52. The third-order valence-electron chi connectivity index (χ3n) is 3.90. The van der Waals surface area contributed by atoms with Gasteiger partial charge < -0.3 is 0 Å². The fourth-order valence-corrected chi connectivity index (χ4v) is 3.48. The second-order valence-corrected chi connectivity index (χ2v) is 5.93. The summed E-state index contributed by atoms with van der Waals surface area (Å²) in [7, 11) is 0. The van der Waals surface area contributed by atoms with E-state index in [1.165, 1.54) is 12.8 Å². The Bertz CT molecular complexity index is 614. The van der Waals surface area contributed by atoms with E-state index in [0.29, 0.717) is 22.0 Å². The summed E-state index contributed by atoms with van der Waals surface area (Å²) in [4.78, 5) is 13.0. The zero-order chi connectivity index (χ0) is 14.1. The number of rotatable bonds is 2. The van der Waals surface area contributed by atoms with Crippen LogP contribution in [-0.2, 0) is 0 Å². The lowest BCUT2D eigenvalue weighted by Gasteiger charge is -2.14. The molecule has 0 radical (unpaired) electrons. The van der Waals surface area contributed by atoms with Gasteiger partial charge in [-0.3, -0.25) is 4.98 Å². The Labute approximate surface area is 128 Å². The molecule has 0 aromatic carbocycles. The van der Waals surface area contributed by atoms with Gasteiger partial charge in [-0.15, -0.1) is 0 Å². The maximum atomic E-state index is 6.36. The first kappa shape index (κ1) is 13.8. The molecule has 1 aliphatic carbocycles. The molecule has 104 valence electrons. The largest absolute Gasteiger partial charge is 0.264 e. The Hall–Kier alpha value is -1.19. The predicted molar refractivity (Wildman–Crippen MR) is 81.2 cm³/mol. The van der Waals surface area contributed by atoms with Crippen molar-refractivity contribution in [2.24, 2.45) is 0 Å². The molecular weight excluding hydrogens is 293 g/mol. The van der Waals surface area contributed by atoms with Gasteiger partial charge in [-0.05, 0) is 37.3 Å². The summed E-state index contributed by atoms with van der Waals surface area (Å²) in [6, 6.07) is 1.92. The number of aryl methyl sites for hydroxylation is 1. The van der Waals surface area contributed by atoms with Crippen LogP contribution >= 0.6 is 23.2 Å². The van der Waals surface area contributed by atoms with Crippen molar-refractivity contribution in [3.63, 3.8) is 0 Å². The van der Waals surface area contributed by atoms with Crippen LogP contribution < -0.4 is 0 Å². The van der Waals surface area contributed by atoms with Gasteiger partial charge in [0.2, 0.25) is 0 Å². The van der Waals surface area contributed by atoms with Crippen LogP contribution in [0.1, 0.15) is 42.7 Å². The van der Waals surface area contributed by atoms with Gasteiger partial charge >= 0.3 is 0 Å². The summed E-state index contributed by atoms with van der Waals surface area (Å²) in [5.41, 5.74) is 2.84. The molecule has 0 aliphatic heterocycles. The molecule has 3 nitrogen and oxygen atoms in total. The van der Waals surface area contributed by atoms with Crippen LogP contribution in [0.3, 0.4) is 0 Å². The lowest BCUT2D eigenvalue weighted by atomic mass is 10.0. The molecule has 0 unspecified atom stereocenters. The van der Waals surface area contributed by atoms with Gasteiger partial charge in [-0.1, -0.05) is 36.0 Å². The maximum absolute atomic E-state index is 6.36. The highest BCUT2D eigenvalue weighted by Crippen LogP contribution is 2.40. The smallest absolute Gasteiger partial charge is 0.164 e.